The molecule has 0 aliphatic rings. The number of hydrogen-bond donors (Lipinski definition) is 2. The summed E-state index contributed by atoms with van der Waals surface area (Å²) < 4.78 is 5.13. The summed E-state index contributed by atoms with van der Waals surface area (Å²) in [7, 11) is 1.59. The normalized spacial score (nSPS) is 10.4. The second kappa shape index (κ2) is 5.05. The molecule has 0 radical (unpaired) electrons. The first kappa shape index (κ1) is 12.2. The molecule has 2 aromatic carbocycles. The van der Waals surface area contributed by atoms with Crippen LogP contribution in [0, 0.1) is 0 Å². The molecule has 1 amide bonds. The van der Waals surface area contributed by atoms with Crippen LogP contribution in [-0.4, -0.2) is 23.0 Å². The van der Waals surface area contributed by atoms with Gasteiger partial charge in [-0.05, 0) is 24.3 Å². The van der Waals surface area contributed by atoms with Gasteiger partial charge in [0.15, 0.2) is 0 Å². The lowest BCUT2D eigenvalue weighted by molar-refractivity contribution is 0.102. The summed E-state index contributed by atoms with van der Waals surface area (Å²) >= 11 is 0. The van der Waals surface area contributed by atoms with Crippen LogP contribution in [0.1, 0.15) is 10.4 Å². The Morgan fingerprint density at radius 2 is 2.10 bits per heavy atom. The van der Waals surface area contributed by atoms with Gasteiger partial charge in [0.25, 0.3) is 5.91 Å². The maximum absolute atomic E-state index is 12.3. The van der Waals surface area contributed by atoms with Gasteiger partial charge in [-0.25, -0.2) is 4.98 Å². The third-order valence-corrected chi connectivity index (χ3v) is 3.02. The number of benzene rings is 2. The minimum atomic E-state index is -0.198. The average molecular weight is 267 g/mol. The van der Waals surface area contributed by atoms with Crippen molar-refractivity contribution in [2.75, 3.05) is 12.4 Å². The van der Waals surface area contributed by atoms with Crippen molar-refractivity contribution in [2.24, 2.45) is 0 Å². The monoisotopic (exact) mass is 267 g/mol. The van der Waals surface area contributed by atoms with Crippen molar-refractivity contribution < 1.29 is 9.53 Å². The van der Waals surface area contributed by atoms with Crippen molar-refractivity contribution in [3.05, 3.63) is 54.4 Å². The maximum atomic E-state index is 12.3. The Bertz CT molecular complexity index is 764. The standard InChI is InChI=1S/C15H13N3O2/c1-20-11-5-2-4-10(8-11)18-15(19)12-6-3-7-13-14(12)17-9-16-13/h2-9H,1H3,(H,16,17)(H,18,19). The first-order valence-corrected chi connectivity index (χ1v) is 6.15. The summed E-state index contributed by atoms with van der Waals surface area (Å²) in [6.07, 6.45) is 1.58. The lowest BCUT2D eigenvalue weighted by atomic mass is 10.1. The third-order valence-electron chi connectivity index (χ3n) is 3.02. The van der Waals surface area contributed by atoms with Crippen LogP contribution < -0.4 is 10.1 Å². The molecule has 2 N–H and O–H groups in total. The zero-order valence-corrected chi connectivity index (χ0v) is 10.9. The molecule has 20 heavy (non-hydrogen) atoms. The average Bonchev–Trinajstić information content (AvgIpc) is 2.95. The Morgan fingerprint density at radius 3 is 2.95 bits per heavy atom. The number of methoxy groups -OCH3 is 1. The van der Waals surface area contributed by atoms with Crippen molar-refractivity contribution in [3.8, 4) is 5.75 Å². The molecular formula is C15H13N3O2. The SMILES string of the molecule is COc1cccc(NC(=O)c2cccc3[nH]cnc23)c1. The van der Waals surface area contributed by atoms with E-state index in [1.165, 1.54) is 0 Å². The number of H-pyrrole nitrogens is 1. The summed E-state index contributed by atoms with van der Waals surface area (Å²) in [6.45, 7) is 0. The molecule has 0 saturated carbocycles. The summed E-state index contributed by atoms with van der Waals surface area (Å²) in [5.41, 5.74) is 2.71. The van der Waals surface area contributed by atoms with Crippen LogP contribution in [0.3, 0.4) is 0 Å². The highest BCUT2D eigenvalue weighted by Gasteiger charge is 2.12. The summed E-state index contributed by atoms with van der Waals surface area (Å²) in [4.78, 5) is 19.5. The van der Waals surface area contributed by atoms with Crippen molar-refractivity contribution in [1.82, 2.24) is 9.97 Å². The van der Waals surface area contributed by atoms with E-state index in [-0.39, 0.29) is 5.91 Å². The van der Waals surface area contributed by atoms with E-state index >= 15 is 0 Å². The van der Waals surface area contributed by atoms with E-state index in [2.05, 4.69) is 15.3 Å². The molecule has 0 unspecified atom stereocenters. The van der Waals surface area contributed by atoms with Gasteiger partial charge in [0.05, 0.1) is 24.5 Å². The Kier molecular flexibility index (Phi) is 3.09. The molecule has 5 nitrogen and oxygen atoms in total. The fourth-order valence-corrected chi connectivity index (χ4v) is 2.05. The number of fused-ring (bicyclic) bond motifs is 1. The van der Waals surface area contributed by atoms with Crippen LogP contribution in [0.4, 0.5) is 5.69 Å². The van der Waals surface area contributed by atoms with Crippen molar-refractivity contribution in [2.45, 2.75) is 0 Å². The zero-order valence-electron chi connectivity index (χ0n) is 10.9. The number of hydrogen-bond acceptors (Lipinski definition) is 3. The van der Waals surface area contributed by atoms with Gasteiger partial charge in [-0.15, -0.1) is 0 Å². The molecule has 0 aliphatic heterocycles. The van der Waals surface area contributed by atoms with Gasteiger partial charge in [0, 0.05) is 11.8 Å². The number of ether oxygens (including phenoxy) is 1. The van der Waals surface area contributed by atoms with Crippen LogP contribution in [0.2, 0.25) is 0 Å². The van der Waals surface area contributed by atoms with E-state index < -0.39 is 0 Å². The van der Waals surface area contributed by atoms with E-state index in [0.717, 1.165) is 5.52 Å². The fourth-order valence-electron chi connectivity index (χ4n) is 2.05. The highest BCUT2D eigenvalue weighted by Crippen LogP contribution is 2.19. The quantitative estimate of drug-likeness (QED) is 0.766. The van der Waals surface area contributed by atoms with Crippen LogP contribution in [0.15, 0.2) is 48.8 Å². The minimum Gasteiger partial charge on any atom is -0.497 e. The van der Waals surface area contributed by atoms with Crippen LogP contribution in [0.25, 0.3) is 11.0 Å². The van der Waals surface area contributed by atoms with E-state index in [1.807, 2.05) is 30.3 Å². The molecule has 5 heteroatoms. The Hall–Kier alpha value is -2.82. The molecule has 0 fully saturated rings. The first-order valence-electron chi connectivity index (χ1n) is 6.15. The highest BCUT2D eigenvalue weighted by molar-refractivity contribution is 6.11. The second-order valence-electron chi connectivity index (χ2n) is 4.29. The molecule has 1 heterocycles. The number of rotatable bonds is 3. The molecule has 1 aromatic heterocycles. The summed E-state index contributed by atoms with van der Waals surface area (Å²) in [5, 5.41) is 2.84. The Balaban J connectivity index is 1.91. The molecule has 100 valence electrons. The molecule has 0 atom stereocenters. The number of anilines is 1. The molecule has 0 bridgehead atoms. The molecule has 3 rings (SSSR count). The van der Waals surface area contributed by atoms with Gasteiger partial charge < -0.3 is 15.0 Å². The first-order chi connectivity index (χ1) is 9.78. The molecule has 0 spiro atoms. The van der Waals surface area contributed by atoms with Gasteiger partial charge >= 0.3 is 0 Å². The topological polar surface area (TPSA) is 67.0 Å². The Labute approximate surface area is 115 Å². The molecule has 3 aromatic rings. The van der Waals surface area contributed by atoms with Gasteiger partial charge in [0.2, 0.25) is 0 Å². The third kappa shape index (κ3) is 2.21. The largest absolute Gasteiger partial charge is 0.497 e. The molecular weight excluding hydrogens is 254 g/mol. The number of carbonyl (C=O) groups excluding carboxylic acids is 1. The highest BCUT2D eigenvalue weighted by atomic mass is 16.5. The summed E-state index contributed by atoms with van der Waals surface area (Å²) in [6, 6.07) is 12.7. The summed E-state index contributed by atoms with van der Waals surface area (Å²) in [5.74, 6) is 0.497. The number of aromatic amines is 1. The van der Waals surface area contributed by atoms with Gasteiger partial charge in [0.1, 0.15) is 11.3 Å². The van der Waals surface area contributed by atoms with E-state index in [1.54, 1.807) is 25.6 Å². The van der Waals surface area contributed by atoms with Gasteiger partial charge in [-0.1, -0.05) is 12.1 Å². The van der Waals surface area contributed by atoms with Crippen LogP contribution >= 0.6 is 0 Å². The molecule has 0 saturated heterocycles. The number of imidazole rings is 1. The Morgan fingerprint density at radius 1 is 1.25 bits per heavy atom. The van der Waals surface area contributed by atoms with Crippen LogP contribution in [-0.2, 0) is 0 Å². The van der Waals surface area contributed by atoms with Crippen molar-refractivity contribution in [1.29, 1.82) is 0 Å². The number of aromatic nitrogens is 2. The van der Waals surface area contributed by atoms with Crippen molar-refractivity contribution >= 4 is 22.6 Å². The number of carbonyl (C=O) groups is 1. The number of para-hydroxylation sites is 1. The van der Waals surface area contributed by atoms with Crippen molar-refractivity contribution in [3.63, 3.8) is 0 Å². The smallest absolute Gasteiger partial charge is 0.257 e. The maximum Gasteiger partial charge on any atom is 0.257 e. The van der Waals surface area contributed by atoms with Crippen LogP contribution in [0.5, 0.6) is 5.75 Å². The predicted octanol–water partition coefficient (Wildman–Crippen LogP) is 2.82. The van der Waals surface area contributed by atoms with E-state index in [4.69, 9.17) is 4.74 Å². The number of nitrogens with one attached hydrogen (secondary N) is 2. The lowest BCUT2D eigenvalue weighted by Crippen LogP contribution is -2.12. The van der Waals surface area contributed by atoms with Gasteiger partial charge in [-0.2, -0.15) is 0 Å². The lowest BCUT2D eigenvalue weighted by Gasteiger charge is -2.07. The van der Waals surface area contributed by atoms with E-state index in [9.17, 15) is 4.79 Å². The van der Waals surface area contributed by atoms with Gasteiger partial charge in [-0.3, -0.25) is 4.79 Å². The predicted molar refractivity (Wildman–Crippen MR) is 77.0 cm³/mol. The van der Waals surface area contributed by atoms with E-state index in [0.29, 0.717) is 22.5 Å². The number of nitrogens with zero attached hydrogens (tertiary/aromatic N) is 1. The fraction of sp³-hybridized carbons (Fsp3) is 0.0667. The number of amides is 1. The zero-order chi connectivity index (χ0) is 13.9. The molecule has 0 aliphatic carbocycles. The minimum absolute atomic E-state index is 0.198. The second-order valence-corrected chi connectivity index (χ2v) is 4.29.